The number of hydrogen-bond donors (Lipinski definition) is 3. The Balaban J connectivity index is 1.92. The fourth-order valence-corrected chi connectivity index (χ4v) is 3.81. The van der Waals surface area contributed by atoms with Gasteiger partial charge in [-0.3, -0.25) is 4.90 Å². The zero-order valence-electron chi connectivity index (χ0n) is 15.7. The van der Waals surface area contributed by atoms with E-state index in [4.69, 9.17) is 0 Å². The van der Waals surface area contributed by atoms with Crippen molar-refractivity contribution in [3.05, 3.63) is 0 Å². The number of likely N-dealkylation sites (tertiary alicyclic amines) is 2. The van der Waals surface area contributed by atoms with Crippen LogP contribution in [0, 0.1) is 5.92 Å². The summed E-state index contributed by atoms with van der Waals surface area (Å²) in [6.07, 6.45) is 6.11. The number of piperidine rings is 2. The van der Waals surface area contributed by atoms with E-state index < -0.39 is 0 Å². The van der Waals surface area contributed by atoms with Crippen molar-refractivity contribution in [1.82, 2.24) is 20.4 Å². The van der Waals surface area contributed by atoms with Gasteiger partial charge in [0.2, 0.25) is 0 Å². The van der Waals surface area contributed by atoms with Crippen molar-refractivity contribution in [2.75, 3.05) is 46.4 Å². The van der Waals surface area contributed by atoms with Crippen molar-refractivity contribution in [2.24, 2.45) is 5.92 Å². The SMILES string of the molecule is C[C@H](NC(=O)NCC1(N2CCCCC2)CCN(C)CC1)[C@@H](C)CO. The predicted octanol–water partition coefficient (Wildman–Crippen LogP) is 1.25. The molecule has 0 unspecified atom stereocenters. The van der Waals surface area contributed by atoms with Crippen molar-refractivity contribution in [2.45, 2.75) is 57.5 Å². The van der Waals surface area contributed by atoms with E-state index >= 15 is 0 Å². The van der Waals surface area contributed by atoms with Gasteiger partial charge < -0.3 is 20.6 Å². The highest BCUT2D eigenvalue weighted by molar-refractivity contribution is 5.74. The number of carbonyl (C=O) groups excluding carboxylic acids is 1. The van der Waals surface area contributed by atoms with Gasteiger partial charge in [0.05, 0.1) is 0 Å². The highest BCUT2D eigenvalue weighted by Crippen LogP contribution is 2.30. The summed E-state index contributed by atoms with van der Waals surface area (Å²) in [5, 5.41) is 15.3. The van der Waals surface area contributed by atoms with E-state index in [9.17, 15) is 9.90 Å². The van der Waals surface area contributed by atoms with Crippen molar-refractivity contribution in [3.8, 4) is 0 Å². The van der Waals surface area contributed by atoms with Gasteiger partial charge in [-0.05, 0) is 71.8 Å². The zero-order chi connectivity index (χ0) is 17.6. The molecule has 0 saturated carbocycles. The lowest BCUT2D eigenvalue weighted by atomic mass is 9.84. The Labute approximate surface area is 147 Å². The predicted molar refractivity (Wildman–Crippen MR) is 97.1 cm³/mol. The van der Waals surface area contributed by atoms with Crippen LogP contribution in [0.15, 0.2) is 0 Å². The molecule has 3 N–H and O–H groups in total. The van der Waals surface area contributed by atoms with E-state index in [2.05, 4.69) is 27.5 Å². The second-order valence-electron chi connectivity index (χ2n) is 7.85. The molecule has 24 heavy (non-hydrogen) atoms. The Morgan fingerprint density at radius 1 is 1.12 bits per heavy atom. The molecule has 2 atom stereocenters. The van der Waals surface area contributed by atoms with Crippen LogP contribution in [0.4, 0.5) is 4.79 Å². The van der Waals surface area contributed by atoms with Gasteiger partial charge in [-0.15, -0.1) is 0 Å². The van der Waals surface area contributed by atoms with Crippen LogP contribution in [0.5, 0.6) is 0 Å². The summed E-state index contributed by atoms with van der Waals surface area (Å²) in [6.45, 7) is 9.19. The second-order valence-corrected chi connectivity index (χ2v) is 7.85. The molecule has 0 aromatic carbocycles. The fourth-order valence-electron chi connectivity index (χ4n) is 3.81. The average molecular weight is 341 g/mol. The second kappa shape index (κ2) is 9.02. The topological polar surface area (TPSA) is 67.8 Å². The van der Waals surface area contributed by atoms with Crippen LogP contribution < -0.4 is 10.6 Å². The van der Waals surface area contributed by atoms with E-state index in [1.165, 1.54) is 19.3 Å². The minimum atomic E-state index is -0.113. The van der Waals surface area contributed by atoms with E-state index in [1.54, 1.807) is 0 Å². The van der Waals surface area contributed by atoms with Gasteiger partial charge in [-0.25, -0.2) is 4.79 Å². The van der Waals surface area contributed by atoms with Gasteiger partial charge in [0.1, 0.15) is 0 Å². The molecule has 6 heteroatoms. The van der Waals surface area contributed by atoms with Gasteiger partial charge in [0, 0.05) is 24.7 Å². The first-order valence-corrected chi connectivity index (χ1v) is 9.56. The third-order valence-electron chi connectivity index (χ3n) is 6.02. The lowest BCUT2D eigenvalue weighted by molar-refractivity contribution is 0.0161. The molecule has 2 saturated heterocycles. The molecule has 2 heterocycles. The molecule has 6 nitrogen and oxygen atoms in total. The van der Waals surface area contributed by atoms with Crippen LogP contribution in [0.1, 0.15) is 46.0 Å². The summed E-state index contributed by atoms with van der Waals surface area (Å²) in [5.74, 6) is 0.0649. The smallest absolute Gasteiger partial charge is 0.315 e. The number of nitrogens with zero attached hydrogens (tertiary/aromatic N) is 2. The van der Waals surface area contributed by atoms with E-state index in [1.807, 2.05) is 13.8 Å². The minimum absolute atomic E-state index is 0.0292. The Kier molecular flexibility index (Phi) is 7.32. The largest absolute Gasteiger partial charge is 0.396 e. The van der Waals surface area contributed by atoms with E-state index in [0.717, 1.165) is 39.0 Å². The molecule has 2 aliphatic rings. The maximum Gasteiger partial charge on any atom is 0.315 e. The standard InChI is InChI=1S/C18H36N4O2/c1-15(13-23)16(2)20-17(24)19-14-18(7-11-21(3)12-8-18)22-9-5-4-6-10-22/h15-16,23H,4-14H2,1-3H3,(H2,19,20,24)/t15-,16-/m0/s1. The Morgan fingerprint density at radius 3 is 2.33 bits per heavy atom. The summed E-state index contributed by atoms with van der Waals surface area (Å²) in [4.78, 5) is 17.3. The summed E-state index contributed by atoms with van der Waals surface area (Å²) in [5.41, 5.74) is 0.107. The number of amides is 2. The van der Waals surface area contributed by atoms with Gasteiger partial charge in [0.15, 0.2) is 0 Å². The van der Waals surface area contributed by atoms with Crippen molar-refractivity contribution in [1.29, 1.82) is 0 Å². The number of carbonyl (C=O) groups is 1. The van der Waals surface area contributed by atoms with Crippen LogP contribution in [0.25, 0.3) is 0 Å². The average Bonchev–Trinajstić information content (AvgIpc) is 2.61. The molecule has 0 bridgehead atoms. The Hall–Kier alpha value is -0.850. The quantitative estimate of drug-likeness (QED) is 0.681. The third-order valence-corrected chi connectivity index (χ3v) is 6.02. The van der Waals surface area contributed by atoms with Crippen LogP contribution in [-0.2, 0) is 0 Å². The number of hydrogen-bond acceptors (Lipinski definition) is 4. The third kappa shape index (κ3) is 5.07. The fraction of sp³-hybridized carbons (Fsp3) is 0.944. The lowest BCUT2D eigenvalue weighted by Gasteiger charge is -2.50. The lowest BCUT2D eigenvalue weighted by Crippen LogP contribution is -2.62. The van der Waals surface area contributed by atoms with Gasteiger partial charge in [-0.1, -0.05) is 13.3 Å². The molecule has 0 aromatic rings. The highest BCUT2D eigenvalue weighted by Gasteiger charge is 2.39. The molecule has 2 amide bonds. The highest BCUT2D eigenvalue weighted by atomic mass is 16.3. The molecular weight excluding hydrogens is 304 g/mol. The van der Waals surface area contributed by atoms with Crippen LogP contribution >= 0.6 is 0 Å². The Morgan fingerprint density at radius 2 is 1.75 bits per heavy atom. The first-order valence-electron chi connectivity index (χ1n) is 9.56. The molecule has 0 radical (unpaired) electrons. The van der Waals surface area contributed by atoms with Crippen molar-refractivity contribution in [3.63, 3.8) is 0 Å². The van der Waals surface area contributed by atoms with Crippen LogP contribution in [-0.4, -0.2) is 78.9 Å². The maximum atomic E-state index is 12.3. The molecule has 0 spiro atoms. The first-order chi connectivity index (χ1) is 11.5. The number of urea groups is 1. The van der Waals surface area contributed by atoms with Crippen molar-refractivity contribution < 1.29 is 9.90 Å². The van der Waals surface area contributed by atoms with E-state index in [-0.39, 0.29) is 30.1 Å². The summed E-state index contributed by atoms with van der Waals surface area (Å²) >= 11 is 0. The summed E-state index contributed by atoms with van der Waals surface area (Å²) < 4.78 is 0. The molecular formula is C18H36N4O2. The maximum absolute atomic E-state index is 12.3. The molecule has 2 fully saturated rings. The molecule has 2 aliphatic heterocycles. The minimum Gasteiger partial charge on any atom is -0.396 e. The summed E-state index contributed by atoms with van der Waals surface area (Å²) in [7, 11) is 2.18. The Bertz CT molecular complexity index is 390. The number of aliphatic hydroxyl groups excluding tert-OH is 1. The van der Waals surface area contributed by atoms with E-state index in [0.29, 0.717) is 6.54 Å². The molecule has 140 valence electrons. The van der Waals surface area contributed by atoms with Gasteiger partial charge >= 0.3 is 6.03 Å². The molecule has 2 rings (SSSR count). The van der Waals surface area contributed by atoms with Gasteiger partial charge in [0.25, 0.3) is 0 Å². The first kappa shape index (κ1) is 19.5. The van der Waals surface area contributed by atoms with Crippen LogP contribution in [0.3, 0.4) is 0 Å². The monoisotopic (exact) mass is 340 g/mol. The van der Waals surface area contributed by atoms with Crippen LogP contribution in [0.2, 0.25) is 0 Å². The summed E-state index contributed by atoms with van der Waals surface area (Å²) in [6, 6.07) is -0.142. The number of rotatable bonds is 6. The number of nitrogens with one attached hydrogen (secondary N) is 2. The molecule has 0 aliphatic carbocycles. The zero-order valence-corrected chi connectivity index (χ0v) is 15.7. The van der Waals surface area contributed by atoms with Gasteiger partial charge in [-0.2, -0.15) is 0 Å². The number of aliphatic hydroxyl groups is 1. The normalized spacial score (nSPS) is 25.0. The molecule has 0 aromatic heterocycles. The van der Waals surface area contributed by atoms with Crippen molar-refractivity contribution >= 4 is 6.03 Å².